The number of hydrogen-bond acceptors (Lipinski definition) is 2. The molecule has 0 radical (unpaired) electrons. The molecule has 72 valence electrons. The van der Waals surface area contributed by atoms with E-state index in [1.165, 1.54) is 0 Å². The van der Waals surface area contributed by atoms with Crippen molar-refractivity contribution < 1.29 is 0 Å². The fourth-order valence-corrected chi connectivity index (χ4v) is 1.30. The average molecular weight is 253 g/mol. The molecule has 1 aromatic rings. The number of azide groups is 1. The molecule has 0 spiro atoms. The van der Waals surface area contributed by atoms with Crippen LogP contribution in [-0.2, 0) is 0 Å². The number of halogens is 1. The summed E-state index contributed by atoms with van der Waals surface area (Å²) in [5.74, 6) is 0. The van der Waals surface area contributed by atoms with Gasteiger partial charge < -0.3 is 0 Å². The third-order valence-corrected chi connectivity index (χ3v) is 1.95. The van der Waals surface area contributed by atoms with E-state index in [9.17, 15) is 0 Å². The van der Waals surface area contributed by atoms with Crippen molar-refractivity contribution in [1.29, 1.82) is 0 Å². The van der Waals surface area contributed by atoms with E-state index in [0.717, 1.165) is 16.6 Å². The maximum absolute atomic E-state index is 8.04. The molecule has 4 nitrogen and oxygen atoms in total. The van der Waals surface area contributed by atoms with Crippen LogP contribution in [0.5, 0.6) is 0 Å². The van der Waals surface area contributed by atoms with Crippen LogP contribution in [-0.4, -0.2) is 11.5 Å². The second-order valence-corrected chi connectivity index (χ2v) is 3.37. The Hall–Kier alpha value is -1.32. The molecule has 0 N–H and O–H groups in total. The monoisotopic (exact) mass is 252 g/mol. The maximum atomic E-state index is 8.04. The van der Waals surface area contributed by atoms with E-state index in [2.05, 4.69) is 30.9 Å². The smallest absolute Gasteiger partial charge is 0.106 e. The molecule has 0 saturated carbocycles. The van der Waals surface area contributed by atoms with Gasteiger partial charge in [-0.25, -0.2) is 4.98 Å². The first-order valence-electron chi connectivity index (χ1n) is 4.12. The lowest BCUT2D eigenvalue weighted by atomic mass is 10.2. The van der Waals surface area contributed by atoms with Crippen LogP contribution in [0.4, 0.5) is 0 Å². The molecule has 0 aromatic carbocycles. The SMILES string of the molecule is [N-]=[N+]=NCCC=Cc1ccnc(Br)c1. The molecular weight excluding hydrogens is 244 g/mol. The Bertz CT molecular complexity index is 369. The van der Waals surface area contributed by atoms with Crippen LogP contribution in [0.25, 0.3) is 16.5 Å². The lowest BCUT2D eigenvalue weighted by molar-refractivity contribution is 0.995. The fourth-order valence-electron chi connectivity index (χ4n) is 0.918. The van der Waals surface area contributed by atoms with E-state index in [1.54, 1.807) is 6.20 Å². The van der Waals surface area contributed by atoms with E-state index in [0.29, 0.717) is 6.54 Å². The van der Waals surface area contributed by atoms with Gasteiger partial charge in [0.2, 0.25) is 0 Å². The normalized spacial score (nSPS) is 10.1. The van der Waals surface area contributed by atoms with Crippen LogP contribution in [0.1, 0.15) is 12.0 Å². The van der Waals surface area contributed by atoms with Gasteiger partial charge in [-0.2, -0.15) is 0 Å². The van der Waals surface area contributed by atoms with Crippen molar-refractivity contribution in [2.45, 2.75) is 6.42 Å². The molecular formula is C9H9BrN4. The minimum atomic E-state index is 0.499. The van der Waals surface area contributed by atoms with Crippen molar-refractivity contribution >= 4 is 22.0 Å². The molecule has 0 aliphatic rings. The average Bonchev–Trinajstić information content (AvgIpc) is 2.18. The standard InChI is InChI=1S/C9H9BrN4/c10-9-7-8(4-6-12-9)3-1-2-5-13-14-11/h1,3-4,6-7H,2,5H2. The van der Waals surface area contributed by atoms with Crippen molar-refractivity contribution in [2.24, 2.45) is 5.11 Å². The summed E-state index contributed by atoms with van der Waals surface area (Å²) in [5.41, 5.74) is 9.12. The number of nitrogens with zero attached hydrogens (tertiary/aromatic N) is 4. The van der Waals surface area contributed by atoms with Crippen LogP contribution in [0.3, 0.4) is 0 Å². The molecule has 0 bridgehead atoms. The molecule has 0 aliphatic heterocycles. The molecule has 0 aliphatic carbocycles. The van der Waals surface area contributed by atoms with Crippen molar-refractivity contribution in [1.82, 2.24) is 4.98 Å². The van der Waals surface area contributed by atoms with Crippen molar-refractivity contribution in [3.8, 4) is 0 Å². The molecule has 1 rings (SSSR count). The Morgan fingerprint density at radius 2 is 2.50 bits per heavy atom. The van der Waals surface area contributed by atoms with E-state index in [-0.39, 0.29) is 0 Å². The number of rotatable bonds is 4. The highest BCUT2D eigenvalue weighted by Crippen LogP contribution is 2.09. The minimum Gasteiger partial charge on any atom is -0.249 e. The Kier molecular flexibility index (Phi) is 4.75. The lowest BCUT2D eigenvalue weighted by Gasteiger charge is -1.92. The van der Waals surface area contributed by atoms with Gasteiger partial charge in [-0.15, -0.1) is 0 Å². The zero-order valence-electron chi connectivity index (χ0n) is 7.47. The number of aromatic nitrogens is 1. The summed E-state index contributed by atoms with van der Waals surface area (Å²) in [4.78, 5) is 6.68. The molecule has 14 heavy (non-hydrogen) atoms. The Morgan fingerprint density at radius 3 is 3.21 bits per heavy atom. The van der Waals surface area contributed by atoms with Crippen LogP contribution >= 0.6 is 15.9 Å². The van der Waals surface area contributed by atoms with Crippen molar-refractivity contribution in [3.63, 3.8) is 0 Å². The number of hydrogen-bond donors (Lipinski definition) is 0. The first-order valence-corrected chi connectivity index (χ1v) is 4.91. The first kappa shape index (κ1) is 10.8. The minimum absolute atomic E-state index is 0.499. The van der Waals surface area contributed by atoms with Crippen LogP contribution < -0.4 is 0 Å². The van der Waals surface area contributed by atoms with Gasteiger partial charge >= 0.3 is 0 Å². The molecule has 0 fully saturated rings. The summed E-state index contributed by atoms with van der Waals surface area (Å²) < 4.78 is 0.815. The highest BCUT2D eigenvalue weighted by Gasteiger charge is 1.88. The summed E-state index contributed by atoms with van der Waals surface area (Å²) >= 11 is 3.28. The highest BCUT2D eigenvalue weighted by molar-refractivity contribution is 9.10. The third kappa shape index (κ3) is 4.07. The van der Waals surface area contributed by atoms with Crippen LogP contribution in [0.2, 0.25) is 0 Å². The summed E-state index contributed by atoms with van der Waals surface area (Å²) in [6.45, 7) is 0.499. The van der Waals surface area contributed by atoms with Gasteiger partial charge in [0.05, 0.1) is 0 Å². The van der Waals surface area contributed by atoms with Gasteiger partial charge in [0.25, 0.3) is 0 Å². The van der Waals surface area contributed by atoms with Gasteiger partial charge in [-0.1, -0.05) is 17.3 Å². The molecule has 5 heteroatoms. The van der Waals surface area contributed by atoms with E-state index < -0.39 is 0 Å². The Balaban J connectivity index is 2.47. The fraction of sp³-hybridized carbons (Fsp3) is 0.222. The van der Waals surface area contributed by atoms with Crippen LogP contribution in [0.15, 0.2) is 34.1 Å². The van der Waals surface area contributed by atoms with Gasteiger partial charge in [0.15, 0.2) is 0 Å². The van der Waals surface area contributed by atoms with Crippen LogP contribution in [0, 0.1) is 0 Å². The first-order chi connectivity index (χ1) is 6.83. The Labute approximate surface area is 90.4 Å². The van der Waals surface area contributed by atoms with Gasteiger partial charge in [0, 0.05) is 17.7 Å². The molecule has 0 saturated heterocycles. The van der Waals surface area contributed by atoms with Gasteiger partial charge in [-0.3, -0.25) is 0 Å². The largest absolute Gasteiger partial charge is 0.249 e. The van der Waals surface area contributed by atoms with Crippen molar-refractivity contribution in [3.05, 3.63) is 45.0 Å². The summed E-state index contributed by atoms with van der Waals surface area (Å²) in [6, 6.07) is 3.83. The zero-order chi connectivity index (χ0) is 10.2. The maximum Gasteiger partial charge on any atom is 0.106 e. The summed E-state index contributed by atoms with van der Waals surface area (Å²) in [5, 5.41) is 3.43. The highest BCUT2D eigenvalue weighted by atomic mass is 79.9. The molecule has 1 heterocycles. The second-order valence-electron chi connectivity index (χ2n) is 2.56. The quantitative estimate of drug-likeness (QED) is 0.266. The summed E-state index contributed by atoms with van der Waals surface area (Å²) in [7, 11) is 0. The lowest BCUT2D eigenvalue weighted by Crippen LogP contribution is -1.77. The van der Waals surface area contributed by atoms with Gasteiger partial charge in [0.1, 0.15) is 4.60 Å². The molecule has 0 atom stereocenters. The second kappa shape index (κ2) is 6.18. The van der Waals surface area contributed by atoms with Crippen molar-refractivity contribution in [2.75, 3.05) is 6.54 Å². The molecule has 0 unspecified atom stereocenters. The van der Waals surface area contributed by atoms with Gasteiger partial charge in [-0.05, 0) is 45.6 Å². The topological polar surface area (TPSA) is 61.7 Å². The zero-order valence-corrected chi connectivity index (χ0v) is 9.05. The van der Waals surface area contributed by atoms with E-state index in [1.807, 2.05) is 24.3 Å². The molecule has 1 aromatic heterocycles. The van der Waals surface area contributed by atoms with E-state index in [4.69, 9.17) is 5.53 Å². The summed E-state index contributed by atoms with van der Waals surface area (Å²) in [6.07, 6.45) is 6.43. The molecule has 0 amide bonds. The predicted molar refractivity (Wildman–Crippen MR) is 59.6 cm³/mol. The van der Waals surface area contributed by atoms with E-state index >= 15 is 0 Å². The Morgan fingerprint density at radius 1 is 1.64 bits per heavy atom. The number of pyridine rings is 1. The predicted octanol–water partition coefficient (Wildman–Crippen LogP) is 3.56. The third-order valence-electron chi connectivity index (χ3n) is 1.52.